The minimum absolute atomic E-state index is 0.0866. The first kappa shape index (κ1) is 21.6. The largest absolute Gasteiger partial charge is 0.376 e. The van der Waals surface area contributed by atoms with E-state index in [0.29, 0.717) is 36.6 Å². The van der Waals surface area contributed by atoms with Gasteiger partial charge in [-0.2, -0.15) is 0 Å². The van der Waals surface area contributed by atoms with E-state index in [1.54, 1.807) is 47.4 Å². The third-order valence-electron chi connectivity index (χ3n) is 5.52. The van der Waals surface area contributed by atoms with Crippen LogP contribution in [0.3, 0.4) is 0 Å². The molecule has 2 heterocycles. The van der Waals surface area contributed by atoms with Gasteiger partial charge in [0.1, 0.15) is 0 Å². The van der Waals surface area contributed by atoms with Crippen molar-refractivity contribution in [1.82, 2.24) is 10.6 Å². The summed E-state index contributed by atoms with van der Waals surface area (Å²) in [6.07, 6.45) is 2.08. The van der Waals surface area contributed by atoms with Crippen molar-refractivity contribution < 1.29 is 19.1 Å². The second kappa shape index (κ2) is 9.69. The Kier molecular flexibility index (Phi) is 6.55. The van der Waals surface area contributed by atoms with Crippen molar-refractivity contribution >= 4 is 35.0 Å². The number of hydrogen-bond donors (Lipinski definition) is 4. The van der Waals surface area contributed by atoms with Gasteiger partial charge in [-0.3, -0.25) is 9.69 Å². The summed E-state index contributed by atoms with van der Waals surface area (Å²) in [5.74, 6) is -0.250. The van der Waals surface area contributed by atoms with Crippen LogP contribution in [0, 0.1) is 6.92 Å². The van der Waals surface area contributed by atoms with Crippen molar-refractivity contribution in [3.05, 3.63) is 53.6 Å². The number of amides is 5. The van der Waals surface area contributed by atoms with Gasteiger partial charge >= 0.3 is 12.1 Å². The molecule has 0 bridgehead atoms. The normalized spacial score (nSPS) is 17.7. The first-order valence-electron chi connectivity index (χ1n) is 10.7. The summed E-state index contributed by atoms with van der Waals surface area (Å²) in [5.41, 5.74) is 3.38. The fourth-order valence-electron chi connectivity index (χ4n) is 3.83. The molecule has 1 atom stereocenters. The standard InChI is InChI=1S/C23H27N5O4/c1-15-13-16(4-9-20(15)28-11-10-24-23(28)31)21(29)26-17-5-7-18(8-6-17)27-22(30)25-14-19-3-2-12-32-19/h4-9,13,19H,2-3,10-12,14H2,1H3,(H,24,31)(H,26,29)(H2,25,27,30). The van der Waals surface area contributed by atoms with Gasteiger partial charge in [-0.1, -0.05) is 0 Å². The summed E-state index contributed by atoms with van der Waals surface area (Å²) in [5, 5.41) is 11.2. The lowest BCUT2D eigenvalue weighted by molar-refractivity contribution is 0.102. The molecule has 0 saturated carbocycles. The molecule has 2 fully saturated rings. The summed E-state index contributed by atoms with van der Waals surface area (Å²) >= 11 is 0. The lowest BCUT2D eigenvalue weighted by Gasteiger charge is -2.17. The van der Waals surface area contributed by atoms with Crippen molar-refractivity contribution in [2.75, 3.05) is 41.8 Å². The predicted octanol–water partition coefficient (Wildman–Crippen LogP) is 3.08. The molecule has 2 aliphatic rings. The molecule has 0 spiro atoms. The Bertz CT molecular complexity index is 1000. The van der Waals surface area contributed by atoms with Crippen molar-refractivity contribution in [3.8, 4) is 0 Å². The summed E-state index contributed by atoms with van der Waals surface area (Å²) < 4.78 is 5.48. The van der Waals surface area contributed by atoms with Crippen LogP contribution in [0.15, 0.2) is 42.5 Å². The van der Waals surface area contributed by atoms with E-state index < -0.39 is 0 Å². The lowest BCUT2D eigenvalue weighted by Crippen LogP contribution is -2.35. The maximum atomic E-state index is 12.6. The summed E-state index contributed by atoms with van der Waals surface area (Å²) in [7, 11) is 0. The van der Waals surface area contributed by atoms with Crippen LogP contribution < -0.4 is 26.2 Å². The number of anilines is 3. The maximum Gasteiger partial charge on any atom is 0.322 e. The van der Waals surface area contributed by atoms with Gasteiger partial charge in [-0.25, -0.2) is 9.59 Å². The SMILES string of the molecule is Cc1cc(C(=O)Nc2ccc(NC(=O)NCC3CCCO3)cc2)ccc1N1CCNC1=O. The topological polar surface area (TPSA) is 112 Å². The van der Waals surface area contributed by atoms with E-state index >= 15 is 0 Å². The number of hydrogen-bond acceptors (Lipinski definition) is 4. The van der Waals surface area contributed by atoms with Crippen LogP contribution >= 0.6 is 0 Å². The van der Waals surface area contributed by atoms with Crippen LogP contribution in [-0.4, -0.2) is 50.3 Å². The molecule has 2 saturated heterocycles. The number of nitrogens with one attached hydrogen (secondary N) is 4. The van der Waals surface area contributed by atoms with E-state index in [0.717, 1.165) is 30.7 Å². The van der Waals surface area contributed by atoms with Gasteiger partial charge in [-0.15, -0.1) is 0 Å². The van der Waals surface area contributed by atoms with Gasteiger partial charge in [0, 0.05) is 48.9 Å². The second-order valence-corrected chi connectivity index (χ2v) is 7.89. The number of nitrogens with zero attached hydrogens (tertiary/aromatic N) is 1. The van der Waals surface area contributed by atoms with Crippen LogP contribution in [0.25, 0.3) is 0 Å². The van der Waals surface area contributed by atoms with Crippen LogP contribution in [0.2, 0.25) is 0 Å². The van der Waals surface area contributed by atoms with Crippen molar-refractivity contribution in [3.63, 3.8) is 0 Å². The number of carbonyl (C=O) groups is 3. The number of aryl methyl sites for hydroxylation is 1. The molecule has 9 heteroatoms. The third kappa shape index (κ3) is 5.17. The number of benzene rings is 2. The Morgan fingerprint density at radius 3 is 2.50 bits per heavy atom. The minimum Gasteiger partial charge on any atom is -0.376 e. The first-order valence-corrected chi connectivity index (χ1v) is 10.7. The molecule has 168 valence electrons. The molecular formula is C23H27N5O4. The molecule has 2 aliphatic heterocycles. The Balaban J connectivity index is 1.31. The number of carbonyl (C=O) groups excluding carboxylic acids is 3. The van der Waals surface area contributed by atoms with E-state index in [-0.39, 0.29) is 24.1 Å². The summed E-state index contributed by atoms with van der Waals surface area (Å²) in [6, 6.07) is 11.7. The molecule has 5 amide bonds. The van der Waals surface area contributed by atoms with E-state index in [4.69, 9.17) is 4.74 Å². The van der Waals surface area contributed by atoms with Crippen LogP contribution in [0.1, 0.15) is 28.8 Å². The Morgan fingerprint density at radius 1 is 1.12 bits per heavy atom. The highest BCUT2D eigenvalue weighted by Crippen LogP contribution is 2.23. The molecule has 0 aliphatic carbocycles. The van der Waals surface area contributed by atoms with Gasteiger partial charge in [-0.05, 0) is 67.8 Å². The Morgan fingerprint density at radius 2 is 1.88 bits per heavy atom. The highest BCUT2D eigenvalue weighted by molar-refractivity contribution is 6.05. The molecule has 9 nitrogen and oxygen atoms in total. The van der Waals surface area contributed by atoms with Crippen molar-refractivity contribution in [2.45, 2.75) is 25.9 Å². The first-order chi connectivity index (χ1) is 15.5. The third-order valence-corrected chi connectivity index (χ3v) is 5.52. The highest BCUT2D eigenvalue weighted by atomic mass is 16.5. The molecule has 0 radical (unpaired) electrons. The number of urea groups is 2. The van der Waals surface area contributed by atoms with E-state index in [2.05, 4.69) is 21.3 Å². The van der Waals surface area contributed by atoms with E-state index in [9.17, 15) is 14.4 Å². The molecular weight excluding hydrogens is 410 g/mol. The molecule has 2 aromatic carbocycles. The number of rotatable bonds is 6. The predicted molar refractivity (Wildman–Crippen MR) is 122 cm³/mol. The zero-order valence-electron chi connectivity index (χ0n) is 17.9. The molecule has 4 rings (SSSR count). The van der Waals surface area contributed by atoms with E-state index in [1.165, 1.54) is 0 Å². The molecule has 0 aromatic heterocycles. The number of ether oxygens (including phenoxy) is 1. The average Bonchev–Trinajstić information content (AvgIpc) is 3.45. The van der Waals surface area contributed by atoms with Crippen LogP contribution in [0.4, 0.5) is 26.7 Å². The second-order valence-electron chi connectivity index (χ2n) is 7.89. The molecule has 1 unspecified atom stereocenters. The smallest absolute Gasteiger partial charge is 0.322 e. The Hall–Kier alpha value is -3.59. The monoisotopic (exact) mass is 437 g/mol. The van der Waals surface area contributed by atoms with Gasteiger partial charge < -0.3 is 26.0 Å². The van der Waals surface area contributed by atoms with Crippen LogP contribution in [0.5, 0.6) is 0 Å². The van der Waals surface area contributed by atoms with Gasteiger partial charge in [0.25, 0.3) is 5.91 Å². The van der Waals surface area contributed by atoms with Gasteiger partial charge in [0.15, 0.2) is 0 Å². The van der Waals surface area contributed by atoms with Crippen LogP contribution in [-0.2, 0) is 4.74 Å². The van der Waals surface area contributed by atoms with Crippen molar-refractivity contribution in [1.29, 1.82) is 0 Å². The zero-order chi connectivity index (χ0) is 22.5. The zero-order valence-corrected chi connectivity index (χ0v) is 17.9. The lowest BCUT2D eigenvalue weighted by atomic mass is 10.1. The average molecular weight is 438 g/mol. The fraction of sp³-hybridized carbons (Fsp3) is 0.348. The van der Waals surface area contributed by atoms with E-state index in [1.807, 2.05) is 6.92 Å². The van der Waals surface area contributed by atoms with Gasteiger partial charge in [0.05, 0.1) is 6.10 Å². The maximum absolute atomic E-state index is 12.6. The molecule has 2 aromatic rings. The summed E-state index contributed by atoms with van der Waals surface area (Å²) in [6.45, 7) is 4.34. The fourth-order valence-corrected chi connectivity index (χ4v) is 3.83. The van der Waals surface area contributed by atoms with Gasteiger partial charge in [0.2, 0.25) is 0 Å². The highest BCUT2D eigenvalue weighted by Gasteiger charge is 2.23. The Labute approximate surface area is 186 Å². The van der Waals surface area contributed by atoms with Crippen molar-refractivity contribution in [2.24, 2.45) is 0 Å². The molecule has 32 heavy (non-hydrogen) atoms. The summed E-state index contributed by atoms with van der Waals surface area (Å²) in [4.78, 5) is 38.2. The quantitative estimate of drug-likeness (QED) is 0.556. The minimum atomic E-state index is -0.292. The molecule has 4 N–H and O–H groups in total.